The van der Waals surface area contributed by atoms with Gasteiger partial charge in [0.2, 0.25) is 11.1 Å². The van der Waals surface area contributed by atoms with Gasteiger partial charge in [0.1, 0.15) is 5.25 Å². The number of anilines is 1. The van der Waals surface area contributed by atoms with Crippen molar-refractivity contribution in [2.45, 2.75) is 36.1 Å². The van der Waals surface area contributed by atoms with Gasteiger partial charge >= 0.3 is 0 Å². The van der Waals surface area contributed by atoms with Crippen molar-refractivity contribution in [2.24, 2.45) is 0 Å². The van der Waals surface area contributed by atoms with Crippen LogP contribution in [0.4, 0.5) is 5.69 Å². The molecule has 3 N–H and O–H groups in total. The molecular formula is C20H20ClN5OS. The fourth-order valence-electron chi connectivity index (χ4n) is 2.87. The van der Waals surface area contributed by atoms with Gasteiger partial charge in [0.25, 0.3) is 0 Å². The van der Waals surface area contributed by atoms with E-state index in [9.17, 15) is 4.79 Å². The molecule has 4 rings (SSSR count). The van der Waals surface area contributed by atoms with E-state index in [4.69, 9.17) is 17.4 Å². The molecule has 0 spiro atoms. The number of nitrogens with two attached hydrogens (primary N) is 1. The first kappa shape index (κ1) is 18.8. The lowest BCUT2D eigenvalue weighted by Gasteiger charge is -2.17. The van der Waals surface area contributed by atoms with Crippen LogP contribution in [0, 0.1) is 6.92 Å². The summed E-state index contributed by atoms with van der Waals surface area (Å²) in [5.74, 6) is 7.17. The molecule has 0 unspecified atom stereocenters. The lowest BCUT2D eigenvalue weighted by molar-refractivity contribution is -0.115. The summed E-state index contributed by atoms with van der Waals surface area (Å²) in [6, 6.07) is 15.0. The zero-order valence-electron chi connectivity index (χ0n) is 15.3. The number of carbonyl (C=O) groups excluding carboxylic acids is 1. The maximum absolute atomic E-state index is 13.1. The van der Waals surface area contributed by atoms with Crippen LogP contribution >= 0.6 is 23.4 Å². The zero-order chi connectivity index (χ0) is 19.7. The highest BCUT2D eigenvalue weighted by molar-refractivity contribution is 8.00. The van der Waals surface area contributed by atoms with E-state index in [0.29, 0.717) is 21.8 Å². The molecular weight excluding hydrogens is 394 g/mol. The Bertz CT molecular complexity index is 1000. The Morgan fingerprint density at radius 1 is 1.25 bits per heavy atom. The number of nitrogens with zero attached hydrogens (tertiary/aromatic N) is 3. The van der Waals surface area contributed by atoms with E-state index in [1.54, 1.807) is 6.07 Å². The second-order valence-electron chi connectivity index (χ2n) is 6.85. The molecule has 8 heteroatoms. The molecule has 1 heterocycles. The predicted octanol–water partition coefficient (Wildman–Crippen LogP) is 4.30. The minimum Gasteiger partial charge on any atom is -0.336 e. The molecule has 1 aliphatic rings. The van der Waals surface area contributed by atoms with E-state index in [1.165, 1.54) is 16.4 Å². The van der Waals surface area contributed by atoms with Crippen molar-refractivity contribution in [1.82, 2.24) is 14.9 Å². The number of hydrogen-bond donors (Lipinski definition) is 2. The van der Waals surface area contributed by atoms with Gasteiger partial charge in [-0.25, -0.2) is 4.68 Å². The monoisotopic (exact) mass is 413 g/mol. The summed E-state index contributed by atoms with van der Waals surface area (Å²) in [4.78, 5) is 13.1. The molecule has 2 aromatic carbocycles. The first-order valence-corrected chi connectivity index (χ1v) is 10.3. The average molecular weight is 414 g/mol. The van der Waals surface area contributed by atoms with Gasteiger partial charge in [-0.15, -0.1) is 10.2 Å². The van der Waals surface area contributed by atoms with Crippen LogP contribution in [-0.2, 0) is 4.79 Å². The number of amides is 1. The molecule has 0 radical (unpaired) electrons. The normalized spacial score (nSPS) is 14.6. The van der Waals surface area contributed by atoms with Crippen molar-refractivity contribution < 1.29 is 4.79 Å². The van der Waals surface area contributed by atoms with Gasteiger partial charge in [0.15, 0.2) is 5.82 Å². The first-order valence-electron chi connectivity index (χ1n) is 9.02. The summed E-state index contributed by atoms with van der Waals surface area (Å²) in [6.07, 6.45) is 2.16. The first-order chi connectivity index (χ1) is 13.5. The molecule has 1 aliphatic carbocycles. The molecule has 1 amide bonds. The van der Waals surface area contributed by atoms with E-state index in [2.05, 4.69) is 15.5 Å². The molecule has 3 aromatic rings. The number of hydrogen-bond acceptors (Lipinski definition) is 5. The van der Waals surface area contributed by atoms with Gasteiger partial charge in [-0.2, -0.15) is 0 Å². The topological polar surface area (TPSA) is 85.8 Å². The van der Waals surface area contributed by atoms with Gasteiger partial charge in [-0.3, -0.25) is 4.79 Å². The molecule has 0 aliphatic heterocycles. The second kappa shape index (κ2) is 7.85. The predicted molar refractivity (Wildman–Crippen MR) is 112 cm³/mol. The Kier molecular flexibility index (Phi) is 5.28. The van der Waals surface area contributed by atoms with Crippen LogP contribution < -0.4 is 11.2 Å². The molecule has 1 aromatic heterocycles. The zero-order valence-corrected chi connectivity index (χ0v) is 16.9. The fourth-order valence-corrected chi connectivity index (χ4v) is 4.02. The SMILES string of the molecule is Cc1ccc(NC(=O)[C@H](Sc2nnc(C3CC3)n2N)c2ccccc2)cc1Cl. The van der Waals surface area contributed by atoms with E-state index in [-0.39, 0.29) is 5.91 Å². The van der Waals surface area contributed by atoms with Crippen molar-refractivity contribution in [3.8, 4) is 0 Å². The maximum Gasteiger partial charge on any atom is 0.242 e. The number of halogens is 1. The summed E-state index contributed by atoms with van der Waals surface area (Å²) in [6.45, 7) is 1.92. The third-order valence-corrected chi connectivity index (χ3v) is 6.25. The van der Waals surface area contributed by atoms with Gasteiger partial charge in [0, 0.05) is 16.6 Å². The summed E-state index contributed by atoms with van der Waals surface area (Å²) >= 11 is 7.48. The van der Waals surface area contributed by atoms with Crippen molar-refractivity contribution in [1.29, 1.82) is 0 Å². The van der Waals surface area contributed by atoms with E-state index < -0.39 is 5.25 Å². The number of nitrogen functional groups attached to an aromatic ring is 1. The quantitative estimate of drug-likeness (QED) is 0.464. The molecule has 6 nitrogen and oxygen atoms in total. The van der Waals surface area contributed by atoms with Gasteiger partial charge < -0.3 is 11.2 Å². The minimum absolute atomic E-state index is 0.174. The van der Waals surface area contributed by atoms with Crippen molar-refractivity contribution in [2.75, 3.05) is 11.2 Å². The number of thioether (sulfide) groups is 1. The Labute approximate surface area is 172 Å². The molecule has 144 valence electrons. The molecule has 28 heavy (non-hydrogen) atoms. The molecule has 0 bridgehead atoms. The third kappa shape index (κ3) is 4.00. The number of aromatic nitrogens is 3. The van der Waals surface area contributed by atoms with Crippen LogP contribution in [0.3, 0.4) is 0 Å². The highest BCUT2D eigenvalue weighted by Crippen LogP contribution is 2.41. The number of rotatable bonds is 6. The smallest absolute Gasteiger partial charge is 0.242 e. The van der Waals surface area contributed by atoms with Crippen LogP contribution in [0.15, 0.2) is 53.7 Å². The second-order valence-corrected chi connectivity index (χ2v) is 8.33. The van der Waals surface area contributed by atoms with E-state index >= 15 is 0 Å². The van der Waals surface area contributed by atoms with Crippen molar-refractivity contribution in [3.63, 3.8) is 0 Å². The Morgan fingerprint density at radius 2 is 2.00 bits per heavy atom. The van der Waals surface area contributed by atoms with Crippen LogP contribution in [0.1, 0.15) is 41.0 Å². The van der Waals surface area contributed by atoms with Gasteiger partial charge in [0.05, 0.1) is 0 Å². The average Bonchev–Trinajstić information content (AvgIpc) is 3.47. The lowest BCUT2D eigenvalue weighted by atomic mass is 10.1. The summed E-state index contributed by atoms with van der Waals surface area (Å²) < 4.78 is 1.51. The number of benzene rings is 2. The third-order valence-electron chi connectivity index (χ3n) is 4.64. The Hall–Kier alpha value is -2.51. The molecule has 1 fully saturated rings. The van der Waals surface area contributed by atoms with E-state index in [1.807, 2.05) is 49.4 Å². The summed E-state index contributed by atoms with van der Waals surface area (Å²) in [7, 11) is 0. The van der Waals surface area contributed by atoms with Crippen molar-refractivity contribution >= 4 is 35.0 Å². The standard InChI is InChI=1S/C20H20ClN5OS/c1-12-7-10-15(11-16(12)21)23-19(27)17(13-5-3-2-4-6-13)28-20-25-24-18(26(20)22)14-8-9-14/h2-7,10-11,14,17H,8-9,22H2,1H3,(H,23,27)/t17-/m1/s1. The Balaban J connectivity index is 1.60. The van der Waals surface area contributed by atoms with Crippen LogP contribution in [0.5, 0.6) is 0 Å². The summed E-state index contributed by atoms with van der Waals surface area (Å²) in [5.41, 5.74) is 2.46. The lowest BCUT2D eigenvalue weighted by Crippen LogP contribution is -2.21. The summed E-state index contributed by atoms with van der Waals surface area (Å²) in [5, 5.41) is 12.0. The molecule has 1 atom stereocenters. The Morgan fingerprint density at radius 3 is 2.68 bits per heavy atom. The van der Waals surface area contributed by atoms with Crippen molar-refractivity contribution in [3.05, 3.63) is 70.5 Å². The number of carbonyl (C=O) groups is 1. The molecule has 1 saturated carbocycles. The van der Waals surface area contributed by atoms with Gasteiger partial charge in [-0.1, -0.05) is 59.8 Å². The fraction of sp³-hybridized carbons (Fsp3) is 0.250. The minimum atomic E-state index is -0.528. The largest absolute Gasteiger partial charge is 0.336 e. The number of aryl methyl sites for hydroxylation is 1. The number of nitrogens with one attached hydrogen (secondary N) is 1. The maximum atomic E-state index is 13.1. The van der Waals surface area contributed by atoms with Crippen LogP contribution in [0.2, 0.25) is 5.02 Å². The van der Waals surface area contributed by atoms with Crippen LogP contribution in [-0.4, -0.2) is 20.8 Å². The highest BCUT2D eigenvalue weighted by Gasteiger charge is 2.31. The molecule has 0 saturated heterocycles. The highest BCUT2D eigenvalue weighted by atomic mass is 35.5. The van der Waals surface area contributed by atoms with E-state index in [0.717, 1.165) is 29.8 Å². The van der Waals surface area contributed by atoms with Crippen LogP contribution in [0.25, 0.3) is 0 Å². The van der Waals surface area contributed by atoms with Gasteiger partial charge in [-0.05, 0) is 43.0 Å².